The fourth-order valence-corrected chi connectivity index (χ4v) is 1.66. The molecule has 1 aromatic carbocycles. The van der Waals surface area contributed by atoms with Crippen molar-refractivity contribution < 1.29 is 19.1 Å². The maximum Gasteiger partial charge on any atom is 0.371 e. The number of carboxylic acids is 1. The molecule has 0 fully saturated rings. The molecule has 0 aliphatic rings. The molecule has 1 aromatic heterocycles. The van der Waals surface area contributed by atoms with Crippen molar-refractivity contribution in [2.75, 3.05) is 11.9 Å². The number of hydrogen-bond acceptors (Lipinski definition) is 3. The maximum absolute atomic E-state index is 11.3. The van der Waals surface area contributed by atoms with Crippen LogP contribution in [0.3, 0.4) is 0 Å². The Morgan fingerprint density at radius 2 is 1.85 bits per heavy atom. The minimum Gasteiger partial charge on any atom is -0.475 e. The predicted octanol–water partition coefficient (Wildman–Crippen LogP) is 2.79. The van der Waals surface area contributed by atoms with E-state index in [-0.39, 0.29) is 11.8 Å². The zero-order chi connectivity index (χ0) is 14.5. The number of furan rings is 1. The van der Waals surface area contributed by atoms with Crippen LogP contribution >= 0.6 is 0 Å². The fraction of sp³-hybridized carbons (Fsp3) is 0.143. The molecule has 6 nitrogen and oxygen atoms in total. The highest BCUT2D eigenvalue weighted by atomic mass is 16.4. The van der Waals surface area contributed by atoms with Crippen LogP contribution in [-0.4, -0.2) is 23.7 Å². The molecule has 0 spiro atoms. The molecular weight excluding hydrogens is 260 g/mol. The molecule has 0 radical (unpaired) electrons. The summed E-state index contributed by atoms with van der Waals surface area (Å²) in [4.78, 5) is 22.1. The lowest BCUT2D eigenvalue weighted by atomic mass is 10.1. The Balaban J connectivity index is 2.11. The van der Waals surface area contributed by atoms with E-state index in [9.17, 15) is 9.59 Å². The van der Waals surface area contributed by atoms with Crippen molar-refractivity contribution in [3.8, 4) is 11.3 Å². The Hall–Kier alpha value is -2.76. The number of benzene rings is 1. The second kappa shape index (κ2) is 5.92. The zero-order valence-corrected chi connectivity index (χ0v) is 10.8. The van der Waals surface area contributed by atoms with E-state index >= 15 is 0 Å². The molecular formula is C14H14N2O4. The number of nitrogens with one attached hydrogen (secondary N) is 2. The van der Waals surface area contributed by atoms with Crippen molar-refractivity contribution in [2.45, 2.75) is 6.92 Å². The van der Waals surface area contributed by atoms with Gasteiger partial charge >= 0.3 is 12.0 Å². The summed E-state index contributed by atoms with van der Waals surface area (Å²) >= 11 is 0. The van der Waals surface area contributed by atoms with E-state index in [0.717, 1.165) is 5.56 Å². The van der Waals surface area contributed by atoms with Crippen molar-refractivity contribution in [2.24, 2.45) is 0 Å². The van der Waals surface area contributed by atoms with Gasteiger partial charge in [-0.3, -0.25) is 0 Å². The van der Waals surface area contributed by atoms with Gasteiger partial charge in [-0.1, -0.05) is 0 Å². The minimum absolute atomic E-state index is 0.107. The highest BCUT2D eigenvalue weighted by Gasteiger charge is 2.10. The van der Waals surface area contributed by atoms with E-state index in [1.165, 1.54) is 6.07 Å². The van der Waals surface area contributed by atoms with Crippen molar-refractivity contribution >= 4 is 17.7 Å². The van der Waals surface area contributed by atoms with Crippen molar-refractivity contribution in [1.82, 2.24) is 5.32 Å². The summed E-state index contributed by atoms with van der Waals surface area (Å²) in [5.41, 5.74) is 1.38. The maximum atomic E-state index is 11.3. The summed E-state index contributed by atoms with van der Waals surface area (Å²) in [5, 5.41) is 14.1. The summed E-state index contributed by atoms with van der Waals surface area (Å²) in [6.45, 7) is 2.38. The number of carboxylic acid groups (broad SMARTS) is 1. The van der Waals surface area contributed by atoms with E-state index in [0.29, 0.717) is 18.0 Å². The topological polar surface area (TPSA) is 91.6 Å². The molecule has 2 amide bonds. The summed E-state index contributed by atoms with van der Waals surface area (Å²) < 4.78 is 5.19. The number of anilines is 1. The average Bonchev–Trinajstić information content (AvgIpc) is 2.89. The van der Waals surface area contributed by atoms with Crippen LogP contribution in [0.15, 0.2) is 40.8 Å². The van der Waals surface area contributed by atoms with Crippen LogP contribution in [0.4, 0.5) is 10.5 Å². The number of carbonyl (C=O) groups is 2. The third-order valence-corrected chi connectivity index (χ3v) is 2.58. The molecule has 0 aliphatic heterocycles. The Bertz CT molecular complexity index is 616. The molecule has 0 bridgehead atoms. The molecule has 0 unspecified atom stereocenters. The largest absolute Gasteiger partial charge is 0.475 e. The Kier molecular flexibility index (Phi) is 4.05. The molecule has 20 heavy (non-hydrogen) atoms. The number of urea groups is 1. The molecule has 1 heterocycles. The third kappa shape index (κ3) is 3.17. The molecule has 0 saturated carbocycles. The molecule has 104 valence electrons. The van der Waals surface area contributed by atoms with Crippen LogP contribution < -0.4 is 10.6 Å². The van der Waals surface area contributed by atoms with Gasteiger partial charge in [0.25, 0.3) is 0 Å². The Morgan fingerprint density at radius 1 is 1.15 bits per heavy atom. The van der Waals surface area contributed by atoms with Crippen LogP contribution in [0.1, 0.15) is 17.5 Å². The second-order valence-electron chi connectivity index (χ2n) is 4.03. The summed E-state index contributed by atoms with van der Waals surface area (Å²) in [6.07, 6.45) is 0. The molecule has 3 N–H and O–H groups in total. The molecule has 0 aliphatic carbocycles. The Morgan fingerprint density at radius 3 is 2.40 bits per heavy atom. The van der Waals surface area contributed by atoms with Crippen molar-refractivity contribution in [3.63, 3.8) is 0 Å². The van der Waals surface area contributed by atoms with Gasteiger partial charge in [-0.25, -0.2) is 9.59 Å². The van der Waals surface area contributed by atoms with E-state index < -0.39 is 5.97 Å². The second-order valence-corrected chi connectivity index (χ2v) is 4.03. The molecule has 2 rings (SSSR count). The van der Waals surface area contributed by atoms with Gasteiger partial charge in [0.2, 0.25) is 5.76 Å². The smallest absolute Gasteiger partial charge is 0.371 e. The summed E-state index contributed by atoms with van der Waals surface area (Å²) in [7, 11) is 0. The van der Waals surface area contributed by atoms with Gasteiger partial charge in [-0.05, 0) is 43.3 Å². The Labute approximate surface area is 115 Å². The highest BCUT2D eigenvalue weighted by molar-refractivity contribution is 5.89. The first-order chi connectivity index (χ1) is 9.60. The van der Waals surface area contributed by atoms with Crippen molar-refractivity contribution in [3.05, 3.63) is 42.2 Å². The van der Waals surface area contributed by atoms with E-state index in [1.54, 1.807) is 30.3 Å². The third-order valence-electron chi connectivity index (χ3n) is 2.58. The van der Waals surface area contributed by atoms with Crippen LogP contribution in [0.25, 0.3) is 11.3 Å². The number of rotatable bonds is 4. The van der Waals surface area contributed by atoms with E-state index in [1.807, 2.05) is 6.92 Å². The van der Waals surface area contributed by atoms with Gasteiger partial charge in [0.15, 0.2) is 0 Å². The quantitative estimate of drug-likeness (QED) is 0.799. The van der Waals surface area contributed by atoms with E-state index in [4.69, 9.17) is 9.52 Å². The lowest BCUT2D eigenvalue weighted by Gasteiger charge is -2.06. The van der Waals surface area contributed by atoms with Crippen LogP contribution in [0.2, 0.25) is 0 Å². The van der Waals surface area contributed by atoms with Gasteiger partial charge in [-0.15, -0.1) is 0 Å². The summed E-state index contributed by atoms with van der Waals surface area (Å²) in [6, 6.07) is 9.64. The van der Waals surface area contributed by atoms with Gasteiger partial charge in [0.05, 0.1) is 0 Å². The number of aromatic carboxylic acids is 1. The fourth-order valence-electron chi connectivity index (χ4n) is 1.66. The molecule has 2 aromatic rings. The monoisotopic (exact) mass is 274 g/mol. The lowest BCUT2D eigenvalue weighted by molar-refractivity contribution is 0.0663. The first kappa shape index (κ1) is 13.7. The summed E-state index contributed by atoms with van der Waals surface area (Å²) in [5.74, 6) is -0.748. The predicted molar refractivity (Wildman–Crippen MR) is 73.8 cm³/mol. The van der Waals surface area contributed by atoms with Gasteiger partial charge in [0, 0.05) is 17.8 Å². The molecule has 0 saturated heterocycles. The van der Waals surface area contributed by atoms with Gasteiger partial charge in [-0.2, -0.15) is 0 Å². The molecule has 6 heteroatoms. The van der Waals surface area contributed by atoms with Crippen LogP contribution in [-0.2, 0) is 0 Å². The number of hydrogen-bond donors (Lipinski definition) is 3. The van der Waals surface area contributed by atoms with Gasteiger partial charge < -0.3 is 20.2 Å². The van der Waals surface area contributed by atoms with Crippen LogP contribution in [0, 0.1) is 0 Å². The van der Waals surface area contributed by atoms with Crippen molar-refractivity contribution in [1.29, 1.82) is 0 Å². The normalized spacial score (nSPS) is 10.1. The van der Waals surface area contributed by atoms with Crippen LogP contribution in [0.5, 0.6) is 0 Å². The molecule has 0 atom stereocenters. The zero-order valence-electron chi connectivity index (χ0n) is 10.8. The lowest BCUT2D eigenvalue weighted by Crippen LogP contribution is -2.28. The minimum atomic E-state index is -1.11. The average molecular weight is 274 g/mol. The SMILES string of the molecule is CCNC(=O)Nc1ccc(-c2ccc(C(=O)O)o2)cc1. The van der Waals surface area contributed by atoms with E-state index in [2.05, 4.69) is 10.6 Å². The first-order valence-electron chi connectivity index (χ1n) is 6.08. The number of carbonyl (C=O) groups excluding carboxylic acids is 1. The standard InChI is InChI=1S/C14H14N2O4/c1-2-15-14(19)16-10-5-3-9(4-6-10)11-7-8-12(20-11)13(17)18/h3-8H,2H2,1H3,(H,17,18)(H2,15,16,19). The number of amides is 2. The van der Waals surface area contributed by atoms with Gasteiger partial charge in [0.1, 0.15) is 5.76 Å². The first-order valence-corrected chi connectivity index (χ1v) is 6.08. The highest BCUT2D eigenvalue weighted by Crippen LogP contribution is 2.23.